The van der Waals surface area contributed by atoms with Crippen LogP contribution in [-0.4, -0.2) is 33.1 Å². The summed E-state index contributed by atoms with van der Waals surface area (Å²) in [6, 6.07) is 0. The number of rotatable bonds is 3. The molecule has 0 radical (unpaired) electrons. The molecule has 0 aromatic carbocycles. The minimum absolute atomic E-state index is 0.124. The highest BCUT2D eigenvalue weighted by atomic mass is 16.2. The summed E-state index contributed by atoms with van der Waals surface area (Å²) in [6.45, 7) is 1.59. The standard InChI is InChI=1S/C15H21N5O2/c21-14(9-1-3-10-7-11(10)4-2-9)17-8-12-18-19-13-15(22)16-5-6-20(12)13/h9-11H,1-8H2,(H,16,22)(H,17,21)/t9?,10-,11+. The van der Waals surface area contributed by atoms with Gasteiger partial charge in [0.15, 0.2) is 5.82 Å². The van der Waals surface area contributed by atoms with Crippen molar-refractivity contribution in [3.63, 3.8) is 0 Å². The van der Waals surface area contributed by atoms with Crippen molar-refractivity contribution in [3.8, 4) is 0 Å². The smallest absolute Gasteiger partial charge is 0.289 e. The molecule has 0 bridgehead atoms. The minimum Gasteiger partial charge on any atom is -0.349 e. The Morgan fingerprint density at radius 1 is 1.23 bits per heavy atom. The number of aromatic nitrogens is 3. The number of fused-ring (bicyclic) bond motifs is 2. The molecule has 2 N–H and O–H groups in total. The number of nitrogens with zero attached hydrogens (tertiary/aromatic N) is 3. The molecule has 1 aromatic heterocycles. The SMILES string of the molecule is O=C1NCCn2c(CNC(=O)C3CC[C@@H]4C[C@@H]4CC3)nnc21. The lowest BCUT2D eigenvalue weighted by Gasteiger charge is -2.17. The lowest BCUT2D eigenvalue weighted by atomic mass is 9.97. The van der Waals surface area contributed by atoms with Crippen molar-refractivity contribution < 1.29 is 9.59 Å². The fraction of sp³-hybridized carbons (Fsp3) is 0.733. The van der Waals surface area contributed by atoms with Crippen molar-refractivity contribution in [1.29, 1.82) is 0 Å². The maximum Gasteiger partial charge on any atom is 0.289 e. The van der Waals surface area contributed by atoms with Gasteiger partial charge in [0.2, 0.25) is 11.7 Å². The largest absolute Gasteiger partial charge is 0.349 e. The molecule has 7 nitrogen and oxygen atoms in total. The summed E-state index contributed by atoms with van der Waals surface area (Å²) < 4.78 is 1.79. The third-order valence-electron chi connectivity index (χ3n) is 5.28. The molecule has 4 rings (SSSR count). The first-order chi connectivity index (χ1) is 10.7. The van der Waals surface area contributed by atoms with Crippen LogP contribution in [0.5, 0.6) is 0 Å². The van der Waals surface area contributed by atoms with Crippen LogP contribution in [0.4, 0.5) is 0 Å². The van der Waals surface area contributed by atoms with E-state index >= 15 is 0 Å². The zero-order chi connectivity index (χ0) is 15.1. The molecule has 2 saturated carbocycles. The molecule has 2 aliphatic carbocycles. The van der Waals surface area contributed by atoms with Crippen LogP contribution in [0, 0.1) is 17.8 Å². The van der Waals surface area contributed by atoms with Gasteiger partial charge in [-0.05, 0) is 43.9 Å². The lowest BCUT2D eigenvalue weighted by Crippen LogP contribution is -2.37. The van der Waals surface area contributed by atoms with Crippen LogP contribution >= 0.6 is 0 Å². The molecule has 1 unspecified atom stereocenters. The average molecular weight is 303 g/mol. The zero-order valence-corrected chi connectivity index (χ0v) is 12.5. The van der Waals surface area contributed by atoms with Gasteiger partial charge >= 0.3 is 0 Å². The molecule has 1 aromatic rings. The highest BCUT2D eigenvalue weighted by Gasteiger charge is 2.40. The third-order valence-corrected chi connectivity index (χ3v) is 5.28. The predicted octanol–water partition coefficient (Wildman–Crippen LogP) is 0.464. The topological polar surface area (TPSA) is 88.9 Å². The quantitative estimate of drug-likeness (QED) is 0.849. The van der Waals surface area contributed by atoms with Crippen molar-refractivity contribution in [2.75, 3.05) is 6.54 Å². The van der Waals surface area contributed by atoms with E-state index < -0.39 is 0 Å². The molecule has 3 aliphatic rings. The van der Waals surface area contributed by atoms with E-state index in [0.29, 0.717) is 31.3 Å². The Balaban J connectivity index is 1.36. The monoisotopic (exact) mass is 303 g/mol. The number of carbonyl (C=O) groups is 2. The Morgan fingerprint density at radius 2 is 2.00 bits per heavy atom. The molecular formula is C15H21N5O2. The average Bonchev–Trinajstić information content (AvgIpc) is 3.17. The Morgan fingerprint density at radius 3 is 2.77 bits per heavy atom. The van der Waals surface area contributed by atoms with E-state index in [4.69, 9.17) is 0 Å². The number of carbonyl (C=O) groups excluding carboxylic acids is 2. The molecule has 0 saturated heterocycles. The summed E-state index contributed by atoms with van der Waals surface area (Å²) in [6.07, 6.45) is 5.79. The Labute approximate surface area is 128 Å². The van der Waals surface area contributed by atoms with Gasteiger partial charge in [0, 0.05) is 19.0 Å². The highest BCUT2D eigenvalue weighted by Crippen LogP contribution is 2.49. The molecule has 7 heteroatoms. The van der Waals surface area contributed by atoms with Crippen LogP contribution < -0.4 is 10.6 Å². The van der Waals surface area contributed by atoms with E-state index in [-0.39, 0.29) is 17.7 Å². The Kier molecular flexibility index (Phi) is 3.35. The van der Waals surface area contributed by atoms with Crippen molar-refractivity contribution in [1.82, 2.24) is 25.4 Å². The van der Waals surface area contributed by atoms with E-state index in [1.54, 1.807) is 4.57 Å². The summed E-state index contributed by atoms with van der Waals surface area (Å²) in [5.41, 5.74) is 0. The van der Waals surface area contributed by atoms with Gasteiger partial charge in [-0.25, -0.2) is 0 Å². The summed E-state index contributed by atoms with van der Waals surface area (Å²) in [5.74, 6) is 2.84. The molecule has 0 spiro atoms. The second-order valence-corrected chi connectivity index (χ2v) is 6.67. The van der Waals surface area contributed by atoms with Gasteiger partial charge in [-0.15, -0.1) is 10.2 Å². The predicted molar refractivity (Wildman–Crippen MR) is 77.8 cm³/mol. The number of hydrogen-bond acceptors (Lipinski definition) is 4. The van der Waals surface area contributed by atoms with Crippen molar-refractivity contribution >= 4 is 11.8 Å². The second kappa shape index (κ2) is 5.37. The van der Waals surface area contributed by atoms with Crippen molar-refractivity contribution in [3.05, 3.63) is 11.6 Å². The van der Waals surface area contributed by atoms with Crippen LogP contribution in [0.2, 0.25) is 0 Å². The van der Waals surface area contributed by atoms with Gasteiger partial charge in [-0.2, -0.15) is 0 Å². The van der Waals surface area contributed by atoms with E-state index in [0.717, 1.165) is 24.7 Å². The zero-order valence-electron chi connectivity index (χ0n) is 12.5. The first kappa shape index (κ1) is 13.7. The number of amides is 2. The Bertz CT molecular complexity index is 599. The van der Waals surface area contributed by atoms with Crippen LogP contribution in [0.15, 0.2) is 0 Å². The molecule has 2 fully saturated rings. The van der Waals surface area contributed by atoms with Gasteiger partial charge in [-0.1, -0.05) is 0 Å². The fourth-order valence-corrected chi connectivity index (χ4v) is 3.79. The molecule has 3 atom stereocenters. The van der Waals surface area contributed by atoms with Gasteiger partial charge in [0.1, 0.15) is 0 Å². The van der Waals surface area contributed by atoms with Crippen LogP contribution in [-0.2, 0) is 17.9 Å². The second-order valence-electron chi connectivity index (χ2n) is 6.67. The molecule has 2 amide bonds. The van der Waals surface area contributed by atoms with E-state index in [2.05, 4.69) is 20.8 Å². The number of hydrogen-bond donors (Lipinski definition) is 2. The van der Waals surface area contributed by atoms with Crippen molar-refractivity contribution in [2.24, 2.45) is 17.8 Å². The van der Waals surface area contributed by atoms with Crippen LogP contribution in [0.1, 0.15) is 48.5 Å². The van der Waals surface area contributed by atoms with Gasteiger partial charge in [-0.3, -0.25) is 9.59 Å². The summed E-state index contributed by atoms with van der Waals surface area (Å²) >= 11 is 0. The van der Waals surface area contributed by atoms with Crippen LogP contribution in [0.3, 0.4) is 0 Å². The van der Waals surface area contributed by atoms with E-state index in [9.17, 15) is 9.59 Å². The minimum atomic E-state index is -0.195. The Hall–Kier alpha value is -1.92. The fourth-order valence-electron chi connectivity index (χ4n) is 3.79. The molecule has 1 aliphatic heterocycles. The first-order valence-corrected chi connectivity index (χ1v) is 8.20. The highest BCUT2D eigenvalue weighted by molar-refractivity contribution is 5.91. The molecule has 2 heterocycles. The maximum atomic E-state index is 12.4. The van der Waals surface area contributed by atoms with E-state index in [1.807, 2.05) is 0 Å². The molecule has 22 heavy (non-hydrogen) atoms. The van der Waals surface area contributed by atoms with Gasteiger partial charge in [0.25, 0.3) is 5.91 Å². The maximum absolute atomic E-state index is 12.4. The summed E-state index contributed by atoms with van der Waals surface area (Å²) in [7, 11) is 0. The van der Waals surface area contributed by atoms with Gasteiger partial charge < -0.3 is 15.2 Å². The normalized spacial score (nSPS) is 29.8. The summed E-state index contributed by atoms with van der Waals surface area (Å²) in [5, 5.41) is 13.7. The third kappa shape index (κ3) is 2.48. The lowest BCUT2D eigenvalue weighted by molar-refractivity contribution is -0.125. The number of nitrogens with one attached hydrogen (secondary N) is 2. The van der Waals surface area contributed by atoms with Crippen LogP contribution in [0.25, 0.3) is 0 Å². The molecule has 118 valence electrons. The molecular weight excluding hydrogens is 282 g/mol. The summed E-state index contributed by atoms with van der Waals surface area (Å²) in [4.78, 5) is 24.0. The van der Waals surface area contributed by atoms with Gasteiger partial charge in [0.05, 0.1) is 6.54 Å². The van der Waals surface area contributed by atoms with E-state index in [1.165, 1.54) is 19.3 Å². The van der Waals surface area contributed by atoms with Crippen molar-refractivity contribution in [2.45, 2.75) is 45.2 Å². The first-order valence-electron chi connectivity index (χ1n) is 8.20.